The van der Waals surface area contributed by atoms with E-state index in [0.717, 1.165) is 5.56 Å². The molecule has 1 heterocycles. The molecule has 2 rings (SSSR count). The number of nitrogens with zero attached hydrogens (tertiary/aromatic N) is 1. The number of benzene rings is 1. The minimum absolute atomic E-state index is 0.147. The topological polar surface area (TPSA) is 68.1 Å². The molecular formula is C17H20Cl3NO4. The summed E-state index contributed by atoms with van der Waals surface area (Å²) in [6.45, 7) is 5.13. The predicted octanol–water partition coefficient (Wildman–Crippen LogP) is 3.47. The van der Waals surface area contributed by atoms with E-state index in [1.807, 2.05) is 30.3 Å². The lowest BCUT2D eigenvalue weighted by Gasteiger charge is -2.25. The molecule has 138 valence electrons. The van der Waals surface area contributed by atoms with Crippen LogP contribution in [0.4, 0.5) is 0 Å². The van der Waals surface area contributed by atoms with Crippen molar-refractivity contribution in [3.05, 3.63) is 35.9 Å². The largest absolute Gasteiger partial charge is 0.472 e. The molecule has 25 heavy (non-hydrogen) atoms. The van der Waals surface area contributed by atoms with Crippen LogP contribution in [-0.4, -0.2) is 44.6 Å². The molecule has 1 aliphatic rings. The van der Waals surface area contributed by atoms with Gasteiger partial charge in [0.25, 0.3) is 3.79 Å². The van der Waals surface area contributed by atoms with Gasteiger partial charge in [-0.25, -0.2) is 9.79 Å². The van der Waals surface area contributed by atoms with Crippen LogP contribution in [-0.2, 0) is 20.7 Å². The Kier molecular flexibility index (Phi) is 6.26. The fourth-order valence-corrected chi connectivity index (χ4v) is 2.67. The van der Waals surface area contributed by atoms with Crippen molar-refractivity contribution < 1.29 is 19.4 Å². The lowest BCUT2D eigenvalue weighted by atomic mass is 9.98. The standard InChI is InChI=1S/C17H20Cl3NO4/c1-16(2,3)25-14(23)13(22)12-11(9-10-7-5-4-6-8-10)24-15(21-12)17(18,19)20/h4-8,11-13,22H,9H2,1-3H3/t11-,12-,13-/m1/s1. The van der Waals surface area contributed by atoms with Gasteiger partial charge >= 0.3 is 5.97 Å². The number of aliphatic hydroxyl groups is 1. The molecule has 0 spiro atoms. The summed E-state index contributed by atoms with van der Waals surface area (Å²) in [4.78, 5) is 16.3. The average Bonchev–Trinajstić information content (AvgIpc) is 2.89. The van der Waals surface area contributed by atoms with Gasteiger partial charge in [0.2, 0.25) is 5.90 Å². The maximum atomic E-state index is 12.2. The van der Waals surface area contributed by atoms with Crippen LogP contribution >= 0.6 is 34.8 Å². The highest BCUT2D eigenvalue weighted by Gasteiger charge is 2.46. The van der Waals surface area contributed by atoms with Gasteiger partial charge in [0.15, 0.2) is 6.10 Å². The molecule has 1 aromatic rings. The number of carbonyl (C=O) groups excluding carboxylic acids is 1. The lowest BCUT2D eigenvalue weighted by Crippen LogP contribution is -2.43. The molecule has 3 atom stereocenters. The number of hydrogen-bond donors (Lipinski definition) is 1. The number of carbonyl (C=O) groups is 1. The van der Waals surface area contributed by atoms with Gasteiger partial charge in [0.05, 0.1) is 0 Å². The van der Waals surface area contributed by atoms with Crippen LogP contribution in [0, 0.1) is 0 Å². The van der Waals surface area contributed by atoms with Crippen LogP contribution < -0.4 is 0 Å². The van der Waals surface area contributed by atoms with Crippen molar-refractivity contribution in [2.75, 3.05) is 0 Å². The fourth-order valence-electron chi connectivity index (χ4n) is 2.39. The third kappa shape index (κ3) is 5.74. The Balaban J connectivity index is 2.21. The zero-order valence-electron chi connectivity index (χ0n) is 14.1. The quantitative estimate of drug-likeness (QED) is 0.612. The van der Waals surface area contributed by atoms with Gasteiger partial charge in [-0.2, -0.15) is 0 Å². The SMILES string of the molecule is CC(C)(C)OC(=O)[C@H](O)[C@@H]1N=C(C(Cl)(Cl)Cl)O[C@@H]1Cc1ccccc1. The molecule has 1 N–H and O–H groups in total. The zero-order valence-corrected chi connectivity index (χ0v) is 16.3. The van der Waals surface area contributed by atoms with Crippen LogP contribution in [0.1, 0.15) is 26.3 Å². The van der Waals surface area contributed by atoms with Crippen LogP contribution in [0.5, 0.6) is 0 Å². The molecule has 0 unspecified atom stereocenters. The molecule has 0 fully saturated rings. The summed E-state index contributed by atoms with van der Waals surface area (Å²) in [6.07, 6.45) is -1.80. The number of hydrogen-bond acceptors (Lipinski definition) is 5. The van der Waals surface area contributed by atoms with Crippen molar-refractivity contribution >= 4 is 46.7 Å². The molecule has 0 saturated carbocycles. The molecule has 0 saturated heterocycles. The smallest absolute Gasteiger partial charge is 0.337 e. The minimum Gasteiger partial charge on any atom is -0.472 e. The summed E-state index contributed by atoms with van der Waals surface area (Å²) in [7, 11) is 0. The Morgan fingerprint density at radius 1 is 1.28 bits per heavy atom. The van der Waals surface area contributed by atoms with Crippen LogP contribution in [0.25, 0.3) is 0 Å². The third-order valence-electron chi connectivity index (χ3n) is 3.40. The Morgan fingerprint density at radius 2 is 1.88 bits per heavy atom. The molecule has 1 aromatic carbocycles. The summed E-state index contributed by atoms with van der Waals surface area (Å²) < 4.78 is 8.97. The molecule has 1 aliphatic heterocycles. The number of ether oxygens (including phenoxy) is 2. The highest BCUT2D eigenvalue weighted by atomic mass is 35.6. The molecular weight excluding hydrogens is 389 g/mol. The van der Waals surface area contributed by atoms with Crippen LogP contribution in [0.15, 0.2) is 35.3 Å². The maximum absolute atomic E-state index is 12.2. The van der Waals surface area contributed by atoms with Gasteiger partial charge in [-0.15, -0.1) is 0 Å². The van der Waals surface area contributed by atoms with Crippen molar-refractivity contribution in [2.24, 2.45) is 4.99 Å². The van der Waals surface area contributed by atoms with E-state index in [-0.39, 0.29) is 5.90 Å². The number of aliphatic hydroxyl groups excluding tert-OH is 1. The van der Waals surface area contributed by atoms with Crippen molar-refractivity contribution in [3.8, 4) is 0 Å². The molecule has 8 heteroatoms. The summed E-state index contributed by atoms with van der Waals surface area (Å²) >= 11 is 17.5. The molecule has 0 aromatic heterocycles. The van der Waals surface area contributed by atoms with Crippen molar-refractivity contribution in [1.29, 1.82) is 0 Å². The maximum Gasteiger partial charge on any atom is 0.337 e. The van der Waals surface area contributed by atoms with Crippen molar-refractivity contribution in [2.45, 2.75) is 54.8 Å². The summed E-state index contributed by atoms with van der Waals surface area (Å²) in [5, 5.41) is 10.4. The summed E-state index contributed by atoms with van der Waals surface area (Å²) in [5.74, 6) is -0.945. The van der Waals surface area contributed by atoms with Gasteiger partial charge < -0.3 is 14.6 Å². The van der Waals surface area contributed by atoms with E-state index >= 15 is 0 Å². The molecule has 0 bridgehead atoms. The Morgan fingerprint density at radius 3 is 2.40 bits per heavy atom. The average molecular weight is 409 g/mol. The fraction of sp³-hybridized carbons (Fsp3) is 0.529. The monoisotopic (exact) mass is 407 g/mol. The van der Waals surface area contributed by atoms with Crippen molar-refractivity contribution in [1.82, 2.24) is 0 Å². The molecule has 0 radical (unpaired) electrons. The van der Waals surface area contributed by atoms with Gasteiger partial charge in [-0.3, -0.25) is 0 Å². The van der Waals surface area contributed by atoms with Gasteiger partial charge in [-0.05, 0) is 26.3 Å². The summed E-state index contributed by atoms with van der Waals surface area (Å²) in [5.41, 5.74) is 0.198. The second-order valence-corrected chi connectivity index (χ2v) is 9.03. The highest BCUT2D eigenvalue weighted by molar-refractivity contribution is 6.76. The second-order valence-electron chi connectivity index (χ2n) is 6.75. The molecule has 0 aliphatic carbocycles. The van der Waals surface area contributed by atoms with E-state index in [4.69, 9.17) is 44.3 Å². The first kappa shape index (κ1) is 20.3. The van der Waals surface area contributed by atoms with E-state index < -0.39 is 33.6 Å². The van der Waals surface area contributed by atoms with E-state index in [0.29, 0.717) is 6.42 Å². The summed E-state index contributed by atoms with van der Waals surface area (Å²) in [6, 6.07) is 8.50. The number of alkyl halides is 3. The first-order chi connectivity index (χ1) is 11.5. The normalized spacial score (nSPS) is 22.1. The van der Waals surface area contributed by atoms with Gasteiger partial charge in [-0.1, -0.05) is 65.1 Å². The van der Waals surface area contributed by atoms with E-state index in [2.05, 4.69) is 4.99 Å². The first-order valence-electron chi connectivity index (χ1n) is 7.74. The van der Waals surface area contributed by atoms with Gasteiger partial charge in [0, 0.05) is 6.42 Å². The highest BCUT2D eigenvalue weighted by Crippen LogP contribution is 2.35. The molecule has 0 amide bonds. The first-order valence-corrected chi connectivity index (χ1v) is 8.87. The third-order valence-corrected chi connectivity index (χ3v) is 3.89. The van der Waals surface area contributed by atoms with E-state index in [1.54, 1.807) is 20.8 Å². The number of rotatable bonds is 4. The second kappa shape index (κ2) is 7.70. The number of halogens is 3. The lowest BCUT2D eigenvalue weighted by molar-refractivity contribution is -0.167. The Bertz CT molecular complexity index is 638. The number of esters is 1. The van der Waals surface area contributed by atoms with Gasteiger partial charge in [0.1, 0.15) is 17.7 Å². The zero-order chi connectivity index (χ0) is 18.8. The van der Waals surface area contributed by atoms with E-state index in [9.17, 15) is 9.90 Å². The van der Waals surface area contributed by atoms with Crippen molar-refractivity contribution in [3.63, 3.8) is 0 Å². The predicted molar refractivity (Wildman–Crippen MR) is 98.4 cm³/mol. The Hall–Kier alpha value is -1.01. The minimum atomic E-state index is -1.88. The molecule has 5 nitrogen and oxygen atoms in total. The van der Waals surface area contributed by atoms with Crippen LogP contribution in [0.3, 0.4) is 0 Å². The van der Waals surface area contributed by atoms with E-state index in [1.165, 1.54) is 0 Å². The Labute approximate surface area is 161 Å². The number of aliphatic imine (C=N–C) groups is 1. The van der Waals surface area contributed by atoms with Crippen LogP contribution in [0.2, 0.25) is 0 Å².